The Labute approximate surface area is 111 Å². The number of carbonyl (C=O) groups excluding carboxylic acids is 1. The van der Waals surface area contributed by atoms with Gasteiger partial charge in [-0.1, -0.05) is 12.8 Å². The molecule has 1 saturated heterocycles. The number of hydrogen-bond donors (Lipinski definition) is 1. The largest absolute Gasteiger partial charge is 0.415 e. The zero-order valence-electron chi connectivity index (χ0n) is 11.2. The van der Waals surface area contributed by atoms with Crippen molar-refractivity contribution in [3.8, 4) is 0 Å². The maximum Gasteiger partial charge on any atom is 0.415 e. The summed E-state index contributed by atoms with van der Waals surface area (Å²) in [6, 6.07) is -0.0415. The number of halogens is 3. The topological polar surface area (TPSA) is 46.3 Å². The molecule has 0 bridgehead atoms. The maximum absolute atomic E-state index is 12.9. The van der Waals surface area contributed by atoms with Crippen LogP contribution in [0.5, 0.6) is 0 Å². The van der Waals surface area contributed by atoms with Gasteiger partial charge in [0.15, 0.2) is 5.54 Å². The van der Waals surface area contributed by atoms with Gasteiger partial charge in [-0.15, -0.1) is 0 Å². The van der Waals surface area contributed by atoms with Crippen molar-refractivity contribution in [2.75, 3.05) is 6.54 Å². The first-order valence-corrected chi connectivity index (χ1v) is 6.92. The zero-order valence-corrected chi connectivity index (χ0v) is 11.2. The van der Waals surface area contributed by atoms with Gasteiger partial charge in [0.2, 0.25) is 0 Å². The first-order chi connectivity index (χ1) is 8.75. The summed E-state index contributed by atoms with van der Waals surface area (Å²) in [6.45, 7) is 1.18. The molecule has 2 N–H and O–H groups in total. The molecule has 2 fully saturated rings. The van der Waals surface area contributed by atoms with E-state index in [2.05, 4.69) is 0 Å². The van der Waals surface area contributed by atoms with E-state index < -0.39 is 17.6 Å². The molecular formula is C13H21F3N2O. The van der Waals surface area contributed by atoms with Crippen molar-refractivity contribution in [2.24, 2.45) is 11.7 Å². The van der Waals surface area contributed by atoms with Crippen molar-refractivity contribution in [1.29, 1.82) is 0 Å². The molecule has 1 saturated carbocycles. The van der Waals surface area contributed by atoms with E-state index in [0.29, 0.717) is 12.5 Å². The van der Waals surface area contributed by atoms with E-state index in [-0.39, 0.29) is 6.04 Å². The number of nitrogens with zero attached hydrogens (tertiary/aromatic N) is 1. The highest BCUT2D eigenvalue weighted by molar-refractivity contribution is 5.87. The van der Waals surface area contributed by atoms with E-state index in [1.54, 1.807) is 0 Å². The average molecular weight is 278 g/mol. The number of alkyl halides is 3. The number of carbonyl (C=O) groups is 1. The van der Waals surface area contributed by atoms with Gasteiger partial charge < -0.3 is 10.6 Å². The fourth-order valence-electron chi connectivity index (χ4n) is 3.30. The van der Waals surface area contributed by atoms with Crippen LogP contribution in [0.15, 0.2) is 0 Å². The summed E-state index contributed by atoms with van der Waals surface area (Å²) in [5, 5.41) is 0. The predicted octanol–water partition coefficient (Wildman–Crippen LogP) is 2.45. The van der Waals surface area contributed by atoms with Crippen LogP contribution >= 0.6 is 0 Å². The Hall–Kier alpha value is -0.780. The Morgan fingerprint density at radius 1 is 1.16 bits per heavy atom. The molecule has 3 nitrogen and oxygen atoms in total. The molecule has 0 aromatic heterocycles. The average Bonchev–Trinajstić information content (AvgIpc) is 2.96. The van der Waals surface area contributed by atoms with Gasteiger partial charge in [-0.05, 0) is 38.5 Å². The summed E-state index contributed by atoms with van der Waals surface area (Å²) in [5.41, 5.74) is 2.49. The highest BCUT2D eigenvalue weighted by Gasteiger charge is 2.56. The summed E-state index contributed by atoms with van der Waals surface area (Å²) in [6.07, 6.45) is 1.15. The maximum atomic E-state index is 12.9. The van der Waals surface area contributed by atoms with Crippen LogP contribution in [-0.2, 0) is 4.79 Å². The monoisotopic (exact) mass is 278 g/mol. The highest BCUT2D eigenvalue weighted by Crippen LogP contribution is 2.38. The Morgan fingerprint density at radius 2 is 1.74 bits per heavy atom. The minimum absolute atomic E-state index is 0.0415. The Bertz CT molecular complexity index is 348. The standard InChI is InChI=1S/C13H21F3N2O/c1-12(17,13(14,15)16)11(19)18-8-4-7-10(18)9-5-2-3-6-9/h9-10H,2-8,17H2,1H3. The molecule has 0 radical (unpaired) electrons. The molecule has 6 heteroatoms. The smallest absolute Gasteiger partial charge is 0.338 e. The lowest BCUT2D eigenvalue weighted by Crippen LogP contribution is -2.63. The molecule has 1 aliphatic heterocycles. The van der Waals surface area contributed by atoms with Crippen LogP contribution in [0.4, 0.5) is 13.2 Å². The lowest BCUT2D eigenvalue weighted by Gasteiger charge is -2.36. The molecule has 110 valence electrons. The van der Waals surface area contributed by atoms with Gasteiger partial charge in [-0.3, -0.25) is 4.79 Å². The first-order valence-electron chi connectivity index (χ1n) is 6.92. The predicted molar refractivity (Wildman–Crippen MR) is 65.3 cm³/mol. The third-order valence-corrected chi connectivity index (χ3v) is 4.54. The molecular weight excluding hydrogens is 257 g/mol. The minimum Gasteiger partial charge on any atom is -0.338 e. The Kier molecular flexibility index (Phi) is 3.82. The summed E-state index contributed by atoms with van der Waals surface area (Å²) in [4.78, 5) is 13.6. The van der Waals surface area contributed by atoms with E-state index in [0.717, 1.165) is 45.4 Å². The summed E-state index contributed by atoms with van der Waals surface area (Å²) < 4.78 is 38.6. The number of hydrogen-bond acceptors (Lipinski definition) is 2. The molecule has 1 aliphatic carbocycles. The Balaban J connectivity index is 2.13. The van der Waals surface area contributed by atoms with Crippen molar-refractivity contribution in [3.63, 3.8) is 0 Å². The number of amides is 1. The van der Waals surface area contributed by atoms with Crippen molar-refractivity contribution in [3.05, 3.63) is 0 Å². The first kappa shape index (κ1) is 14.6. The van der Waals surface area contributed by atoms with Gasteiger partial charge in [0.05, 0.1) is 0 Å². The van der Waals surface area contributed by atoms with Gasteiger partial charge in [0.1, 0.15) is 0 Å². The van der Waals surface area contributed by atoms with Crippen LogP contribution in [0, 0.1) is 5.92 Å². The van der Waals surface area contributed by atoms with Gasteiger partial charge in [-0.25, -0.2) is 0 Å². The second kappa shape index (κ2) is 4.96. The normalized spacial score (nSPS) is 28.7. The van der Waals surface area contributed by atoms with Crippen LogP contribution < -0.4 is 5.73 Å². The van der Waals surface area contributed by atoms with Crippen molar-refractivity contribution < 1.29 is 18.0 Å². The van der Waals surface area contributed by atoms with Gasteiger partial charge in [0, 0.05) is 12.6 Å². The van der Waals surface area contributed by atoms with Crippen LogP contribution in [0.25, 0.3) is 0 Å². The quantitative estimate of drug-likeness (QED) is 0.843. The fraction of sp³-hybridized carbons (Fsp3) is 0.923. The highest BCUT2D eigenvalue weighted by atomic mass is 19.4. The molecule has 2 rings (SSSR count). The number of rotatable bonds is 2. The minimum atomic E-state index is -4.70. The molecule has 2 aliphatic rings. The zero-order chi connectivity index (χ0) is 14.3. The lowest BCUT2D eigenvalue weighted by atomic mass is 9.94. The molecule has 0 spiro atoms. The van der Waals surface area contributed by atoms with E-state index in [4.69, 9.17) is 5.73 Å². The van der Waals surface area contributed by atoms with Crippen LogP contribution in [0.2, 0.25) is 0 Å². The van der Waals surface area contributed by atoms with Crippen molar-refractivity contribution >= 4 is 5.91 Å². The molecule has 1 heterocycles. The summed E-state index contributed by atoms with van der Waals surface area (Å²) >= 11 is 0. The number of nitrogens with two attached hydrogens (primary N) is 1. The van der Waals surface area contributed by atoms with E-state index >= 15 is 0 Å². The lowest BCUT2D eigenvalue weighted by molar-refractivity contribution is -0.194. The summed E-state index contributed by atoms with van der Waals surface area (Å²) in [5.74, 6) is -0.607. The van der Waals surface area contributed by atoms with Gasteiger partial charge in [-0.2, -0.15) is 13.2 Å². The van der Waals surface area contributed by atoms with Crippen LogP contribution in [-0.4, -0.2) is 35.1 Å². The second-order valence-electron chi connectivity index (χ2n) is 5.95. The van der Waals surface area contributed by atoms with Gasteiger partial charge >= 0.3 is 6.18 Å². The molecule has 0 aromatic rings. The Morgan fingerprint density at radius 3 is 2.26 bits per heavy atom. The molecule has 2 atom stereocenters. The molecule has 0 aromatic carbocycles. The molecule has 1 amide bonds. The van der Waals surface area contributed by atoms with Crippen molar-refractivity contribution in [1.82, 2.24) is 4.90 Å². The van der Waals surface area contributed by atoms with E-state index in [1.807, 2.05) is 0 Å². The third-order valence-electron chi connectivity index (χ3n) is 4.54. The number of likely N-dealkylation sites (tertiary alicyclic amines) is 1. The fourth-order valence-corrected chi connectivity index (χ4v) is 3.30. The SMILES string of the molecule is CC(N)(C(=O)N1CCCC1C1CCCC1)C(F)(F)F. The third kappa shape index (κ3) is 2.59. The van der Waals surface area contributed by atoms with Gasteiger partial charge in [0.25, 0.3) is 5.91 Å². The van der Waals surface area contributed by atoms with E-state index in [9.17, 15) is 18.0 Å². The molecule has 19 heavy (non-hydrogen) atoms. The van der Waals surface area contributed by atoms with E-state index in [1.165, 1.54) is 4.90 Å². The van der Waals surface area contributed by atoms with Crippen LogP contribution in [0.3, 0.4) is 0 Å². The van der Waals surface area contributed by atoms with Crippen LogP contribution in [0.1, 0.15) is 45.4 Å². The second-order valence-corrected chi connectivity index (χ2v) is 5.95. The van der Waals surface area contributed by atoms with Crippen molar-refractivity contribution in [2.45, 2.75) is 63.2 Å². The molecule has 2 unspecified atom stereocenters. The summed E-state index contributed by atoms with van der Waals surface area (Å²) in [7, 11) is 0.